The summed E-state index contributed by atoms with van der Waals surface area (Å²) in [6.45, 7) is 0. The summed E-state index contributed by atoms with van der Waals surface area (Å²) in [4.78, 5) is 0. The van der Waals surface area contributed by atoms with Crippen LogP contribution in [0.25, 0.3) is 0 Å². The van der Waals surface area contributed by atoms with E-state index in [1.165, 1.54) is 19.2 Å². The topological polar surface area (TPSA) is 30.5 Å². The number of benzene rings is 2. The average molecular weight is 199 g/mol. The minimum Gasteiger partial charge on any atom is -0.0622 e. The van der Waals surface area contributed by atoms with Gasteiger partial charge in [-0.1, -0.05) is 60.7 Å². The number of hydrogen-bond acceptors (Lipinski definition) is 0. The van der Waals surface area contributed by atoms with Crippen LogP contribution < -0.4 is 16.8 Å². The maximum Gasteiger partial charge on any atom is 0 e. The van der Waals surface area contributed by atoms with Crippen LogP contribution in [-0.4, -0.2) is 0 Å². The standard InChI is InChI=1S/C12H10P.N/c1-3-7-11(8-4-1)13-12-9-5-2-6-10-12;/h1-10H;. The highest BCUT2D eigenvalue weighted by atomic mass is 31.1. The Morgan fingerprint density at radius 3 is 1.29 bits per heavy atom. The van der Waals surface area contributed by atoms with Crippen molar-refractivity contribution in [1.29, 1.82) is 0 Å². The monoisotopic (exact) mass is 199 g/mol. The summed E-state index contributed by atoms with van der Waals surface area (Å²) in [5, 5.41) is 2.68. The van der Waals surface area contributed by atoms with Gasteiger partial charge in [0.1, 0.15) is 0 Å². The number of rotatable bonds is 2. The molecule has 1 nitrogen and oxygen atoms in total. The lowest BCUT2D eigenvalue weighted by atomic mass is 10.4. The summed E-state index contributed by atoms with van der Waals surface area (Å²) in [5.74, 6) is 0. The van der Waals surface area contributed by atoms with Crippen LogP contribution in [0.5, 0.6) is 0 Å². The zero-order valence-corrected chi connectivity index (χ0v) is 8.56. The van der Waals surface area contributed by atoms with Crippen LogP contribution in [0.3, 0.4) is 0 Å². The molecule has 2 aromatic rings. The largest absolute Gasteiger partial charge is 0.0622 e. The molecule has 0 aliphatic carbocycles. The van der Waals surface area contributed by atoms with Crippen LogP contribution in [0.1, 0.15) is 0 Å². The molecule has 68 valence electrons. The Labute approximate surface area is 86.5 Å². The highest BCUT2D eigenvalue weighted by molar-refractivity contribution is 7.55. The van der Waals surface area contributed by atoms with Gasteiger partial charge in [-0.05, 0) is 19.2 Å². The second-order valence-electron chi connectivity index (χ2n) is 2.78. The van der Waals surface area contributed by atoms with E-state index < -0.39 is 0 Å². The fraction of sp³-hybridized carbons (Fsp3) is 0. The van der Waals surface area contributed by atoms with E-state index in [4.69, 9.17) is 0 Å². The van der Waals surface area contributed by atoms with Crippen LogP contribution in [0.15, 0.2) is 60.7 Å². The molecule has 2 rings (SSSR count). The van der Waals surface area contributed by atoms with Gasteiger partial charge in [-0.25, -0.2) is 0 Å². The van der Waals surface area contributed by atoms with E-state index in [1.807, 2.05) is 12.1 Å². The van der Waals surface area contributed by atoms with Crippen molar-refractivity contribution in [3.8, 4) is 0 Å². The zero-order valence-electron chi connectivity index (χ0n) is 7.67. The predicted molar refractivity (Wildman–Crippen MR) is 61.2 cm³/mol. The van der Waals surface area contributed by atoms with Crippen LogP contribution in [0.2, 0.25) is 0 Å². The molecule has 4 radical (unpaired) electrons. The first kappa shape index (κ1) is 10.9. The molecule has 0 saturated heterocycles. The van der Waals surface area contributed by atoms with Crippen molar-refractivity contribution in [3.05, 3.63) is 60.7 Å². The molecular formula is C12H10NP. The SMILES string of the molecule is [N].c1ccc([P]c2ccccc2)cc1. The zero-order chi connectivity index (χ0) is 8.93. The van der Waals surface area contributed by atoms with Gasteiger partial charge in [0.2, 0.25) is 0 Å². The molecule has 0 spiro atoms. The molecule has 0 fully saturated rings. The van der Waals surface area contributed by atoms with Crippen LogP contribution in [0, 0.1) is 0 Å². The lowest BCUT2D eigenvalue weighted by Gasteiger charge is -1.98. The Hall–Kier alpha value is -1.17. The molecule has 0 bridgehead atoms. The first-order chi connectivity index (χ1) is 6.45. The third-order valence-corrected chi connectivity index (χ3v) is 2.88. The van der Waals surface area contributed by atoms with Gasteiger partial charge in [-0.3, -0.25) is 0 Å². The molecule has 2 aromatic carbocycles. The molecule has 0 atom stereocenters. The van der Waals surface area contributed by atoms with E-state index in [-0.39, 0.29) is 6.15 Å². The summed E-state index contributed by atoms with van der Waals surface area (Å²) < 4.78 is 0. The maximum atomic E-state index is 2.15. The third kappa shape index (κ3) is 2.95. The normalized spacial score (nSPS) is 9.14. The van der Waals surface area contributed by atoms with Crippen molar-refractivity contribution in [2.24, 2.45) is 0 Å². The highest BCUT2D eigenvalue weighted by Gasteiger charge is 1.93. The Bertz CT molecular complexity index is 321. The fourth-order valence-corrected chi connectivity index (χ4v) is 2.09. The van der Waals surface area contributed by atoms with E-state index >= 15 is 0 Å². The van der Waals surface area contributed by atoms with Crippen molar-refractivity contribution < 1.29 is 0 Å². The molecule has 0 N–H and O–H groups in total. The van der Waals surface area contributed by atoms with Gasteiger partial charge in [0.25, 0.3) is 0 Å². The second kappa shape index (κ2) is 5.54. The van der Waals surface area contributed by atoms with Gasteiger partial charge >= 0.3 is 0 Å². The second-order valence-corrected chi connectivity index (χ2v) is 4.04. The van der Waals surface area contributed by atoms with Crippen molar-refractivity contribution in [1.82, 2.24) is 6.15 Å². The van der Waals surface area contributed by atoms with Gasteiger partial charge in [0, 0.05) is 6.15 Å². The molecule has 0 aliphatic heterocycles. The van der Waals surface area contributed by atoms with Crippen LogP contribution in [0.4, 0.5) is 0 Å². The summed E-state index contributed by atoms with van der Waals surface area (Å²) in [5.41, 5.74) is 0. The lowest BCUT2D eigenvalue weighted by Crippen LogP contribution is -2.01. The van der Waals surface area contributed by atoms with E-state index in [0.29, 0.717) is 0 Å². The summed E-state index contributed by atoms with van der Waals surface area (Å²) >= 11 is 0. The van der Waals surface area contributed by atoms with Crippen molar-refractivity contribution >= 4 is 19.2 Å². The Morgan fingerprint density at radius 2 is 0.929 bits per heavy atom. The minimum atomic E-state index is 0. The third-order valence-electron chi connectivity index (χ3n) is 1.77. The molecule has 0 aliphatic rings. The highest BCUT2D eigenvalue weighted by Crippen LogP contribution is 2.08. The van der Waals surface area contributed by atoms with Gasteiger partial charge in [0.05, 0.1) is 0 Å². The summed E-state index contributed by atoms with van der Waals surface area (Å²) in [6, 6.07) is 21.0. The Balaban J connectivity index is 0.000000980. The molecule has 2 heteroatoms. The van der Waals surface area contributed by atoms with Gasteiger partial charge in [-0.15, -0.1) is 0 Å². The van der Waals surface area contributed by atoms with Gasteiger partial charge in [-0.2, -0.15) is 0 Å². The first-order valence-electron chi connectivity index (χ1n) is 4.27. The average Bonchev–Trinajstić information content (AvgIpc) is 2.21. The molecule has 0 saturated carbocycles. The van der Waals surface area contributed by atoms with E-state index in [9.17, 15) is 0 Å². The van der Waals surface area contributed by atoms with E-state index in [0.717, 1.165) is 0 Å². The summed E-state index contributed by atoms with van der Waals surface area (Å²) in [7, 11) is 1.28. The molecule has 0 amide bonds. The minimum absolute atomic E-state index is 0. The fourth-order valence-electron chi connectivity index (χ4n) is 1.15. The van der Waals surface area contributed by atoms with E-state index in [1.54, 1.807) is 0 Å². The maximum absolute atomic E-state index is 2.15. The predicted octanol–water partition coefficient (Wildman–Crippen LogP) is 2.10. The molecule has 0 unspecified atom stereocenters. The lowest BCUT2D eigenvalue weighted by molar-refractivity contribution is 1.76. The molecule has 14 heavy (non-hydrogen) atoms. The number of nitrogens with zero attached hydrogens (tertiary/aromatic N) is 1. The Kier molecular flexibility index (Phi) is 4.31. The van der Waals surface area contributed by atoms with Crippen LogP contribution in [-0.2, 0) is 0 Å². The van der Waals surface area contributed by atoms with Crippen LogP contribution >= 0.6 is 8.58 Å². The quantitative estimate of drug-likeness (QED) is 0.663. The van der Waals surface area contributed by atoms with E-state index in [2.05, 4.69) is 48.5 Å². The first-order valence-corrected chi connectivity index (χ1v) is 5.16. The smallest absolute Gasteiger partial charge is 0 e. The number of hydrogen-bond donors (Lipinski definition) is 0. The summed E-state index contributed by atoms with van der Waals surface area (Å²) in [6.07, 6.45) is 0. The van der Waals surface area contributed by atoms with Gasteiger partial charge < -0.3 is 0 Å². The van der Waals surface area contributed by atoms with Crippen molar-refractivity contribution in [2.75, 3.05) is 0 Å². The molecule has 0 aromatic heterocycles. The molecule has 0 heterocycles. The van der Waals surface area contributed by atoms with Crippen molar-refractivity contribution in [3.63, 3.8) is 0 Å². The Morgan fingerprint density at radius 1 is 0.571 bits per heavy atom. The van der Waals surface area contributed by atoms with Crippen molar-refractivity contribution in [2.45, 2.75) is 0 Å². The van der Waals surface area contributed by atoms with Gasteiger partial charge in [0.15, 0.2) is 0 Å². The molecular weight excluding hydrogens is 189 g/mol.